The Morgan fingerprint density at radius 1 is 1.07 bits per heavy atom. The SMILES string of the molecule is COc1ccc([C@H]2NC(=O)N[C@@](O)(C(F)(F)F)[C@@H]2S(=O)(=O)c2ccc(C)cc2)cc1. The van der Waals surface area contributed by atoms with Crippen LogP contribution in [-0.4, -0.2) is 43.8 Å². The highest BCUT2D eigenvalue weighted by atomic mass is 32.2. The van der Waals surface area contributed by atoms with Crippen LogP contribution in [0.4, 0.5) is 18.0 Å². The fourth-order valence-electron chi connectivity index (χ4n) is 3.32. The third kappa shape index (κ3) is 3.70. The molecule has 1 heterocycles. The number of ether oxygens (including phenoxy) is 1. The highest BCUT2D eigenvalue weighted by molar-refractivity contribution is 7.92. The van der Waals surface area contributed by atoms with Crippen molar-refractivity contribution in [2.75, 3.05) is 7.11 Å². The summed E-state index contributed by atoms with van der Waals surface area (Å²) in [5.74, 6) is 0.378. The number of rotatable bonds is 4. The van der Waals surface area contributed by atoms with Gasteiger partial charge in [-0.15, -0.1) is 0 Å². The normalized spacial score (nSPS) is 24.7. The van der Waals surface area contributed by atoms with E-state index in [1.165, 1.54) is 48.8 Å². The van der Waals surface area contributed by atoms with Crippen LogP contribution in [0, 0.1) is 6.92 Å². The summed E-state index contributed by atoms with van der Waals surface area (Å²) in [6, 6.07) is 7.58. The van der Waals surface area contributed by atoms with Crippen LogP contribution >= 0.6 is 0 Å². The van der Waals surface area contributed by atoms with Crippen LogP contribution in [-0.2, 0) is 9.84 Å². The van der Waals surface area contributed by atoms with Crippen molar-refractivity contribution in [3.8, 4) is 5.75 Å². The summed E-state index contributed by atoms with van der Waals surface area (Å²) in [4.78, 5) is 11.6. The maximum atomic E-state index is 13.9. The molecule has 1 fully saturated rings. The Morgan fingerprint density at radius 3 is 2.13 bits per heavy atom. The van der Waals surface area contributed by atoms with Crippen molar-refractivity contribution >= 4 is 15.9 Å². The van der Waals surface area contributed by atoms with E-state index in [0.717, 1.165) is 12.1 Å². The number of halogens is 3. The van der Waals surface area contributed by atoms with Crippen LogP contribution < -0.4 is 15.4 Å². The van der Waals surface area contributed by atoms with Gasteiger partial charge in [-0.3, -0.25) is 0 Å². The van der Waals surface area contributed by atoms with Gasteiger partial charge in [0.1, 0.15) is 11.0 Å². The van der Waals surface area contributed by atoms with E-state index in [0.29, 0.717) is 11.3 Å². The Morgan fingerprint density at radius 2 is 1.63 bits per heavy atom. The van der Waals surface area contributed by atoms with Crippen molar-refractivity contribution in [2.45, 2.75) is 35.0 Å². The van der Waals surface area contributed by atoms with Crippen LogP contribution in [0.2, 0.25) is 0 Å². The van der Waals surface area contributed by atoms with Gasteiger partial charge in [0.15, 0.2) is 9.84 Å². The molecule has 0 aromatic heterocycles. The number of carbonyl (C=O) groups excluding carboxylic acids is 1. The number of urea groups is 1. The van der Waals surface area contributed by atoms with Gasteiger partial charge in [-0.1, -0.05) is 29.8 Å². The van der Waals surface area contributed by atoms with E-state index >= 15 is 0 Å². The Balaban J connectivity index is 2.22. The number of methoxy groups -OCH3 is 1. The first kappa shape index (κ1) is 21.9. The fourth-order valence-corrected chi connectivity index (χ4v) is 5.35. The zero-order chi connectivity index (χ0) is 22.3. The molecule has 2 aromatic carbocycles. The van der Waals surface area contributed by atoms with E-state index in [-0.39, 0.29) is 5.56 Å². The van der Waals surface area contributed by atoms with Gasteiger partial charge in [0.05, 0.1) is 18.0 Å². The number of alkyl halides is 3. The second kappa shape index (κ2) is 7.47. The molecule has 1 aliphatic rings. The lowest BCUT2D eigenvalue weighted by atomic mass is 9.93. The summed E-state index contributed by atoms with van der Waals surface area (Å²) >= 11 is 0. The molecule has 0 radical (unpaired) electrons. The topological polar surface area (TPSA) is 105 Å². The first-order chi connectivity index (χ1) is 13.9. The Hall–Kier alpha value is -2.79. The van der Waals surface area contributed by atoms with Crippen LogP contribution in [0.3, 0.4) is 0 Å². The molecule has 0 unspecified atom stereocenters. The molecule has 11 heteroatoms. The Bertz CT molecular complexity index is 1040. The lowest BCUT2D eigenvalue weighted by molar-refractivity contribution is -0.273. The Labute approximate surface area is 170 Å². The predicted molar refractivity (Wildman–Crippen MR) is 101 cm³/mol. The minimum Gasteiger partial charge on any atom is -0.497 e. The van der Waals surface area contributed by atoms with Crippen molar-refractivity contribution in [1.82, 2.24) is 10.6 Å². The van der Waals surface area contributed by atoms with Crippen molar-refractivity contribution < 1.29 is 36.2 Å². The highest BCUT2D eigenvalue weighted by Crippen LogP contribution is 2.43. The summed E-state index contributed by atoms with van der Waals surface area (Å²) in [7, 11) is -3.40. The lowest BCUT2D eigenvalue weighted by Gasteiger charge is -2.45. The van der Waals surface area contributed by atoms with Crippen LogP contribution in [0.1, 0.15) is 17.2 Å². The Kier molecular flexibility index (Phi) is 5.46. The van der Waals surface area contributed by atoms with Crippen molar-refractivity contribution in [1.29, 1.82) is 0 Å². The molecular weight excluding hydrogens is 425 g/mol. The molecule has 7 nitrogen and oxygen atoms in total. The molecule has 0 bridgehead atoms. The van der Waals surface area contributed by atoms with Crippen LogP contribution in [0.15, 0.2) is 53.4 Å². The first-order valence-electron chi connectivity index (χ1n) is 8.72. The number of benzene rings is 2. The van der Waals surface area contributed by atoms with E-state index in [1.807, 2.05) is 0 Å². The quantitative estimate of drug-likeness (QED) is 0.672. The number of aryl methyl sites for hydroxylation is 1. The molecule has 1 saturated heterocycles. The molecule has 0 aliphatic carbocycles. The molecule has 3 rings (SSSR count). The first-order valence-corrected chi connectivity index (χ1v) is 10.3. The second-order valence-electron chi connectivity index (χ2n) is 6.89. The molecule has 0 spiro atoms. The number of aliphatic hydroxyl groups is 1. The summed E-state index contributed by atoms with van der Waals surface area (Å²) < 4.78 is 73.3. The monoisotopic (exact) mass is 444 g/mol. The van der Waals surface area contributed by atoms with E-state index in [1.54, 1.807) is 6.92 Å². The molecule has 30 heavy (non-hydrogen) atoms. The average Bonchev–Trinajstić information content (AvgIpc) is 2.66. The number of sulfone groups is 1. The summed E-state index contributed by atoms with van der Waals surface area (Å²) in [5, 5.41) is 11.6. The standard InChI is InChI=1S/C19H19F3N2O5S/c1-11-3-9-14(10-4-11)30(27,28)16-15(12-5-7-13(29-2)8-6-12)23-17(25)24-18(16,26)19(20,21)22/h3-10,15-16,26H,1-2H3,(H2,23,24,25)/t15-,16-,18+/m1/s1. The maximum absolute atomic E-state index is 13.9. The number of nitrogens with one attached hydrogen (secondary N) is 2. The molecule has 3 N–H and O–H groups in total. The van der Waals surface area contributed by atoms with Crippen molar-refractivity contribution in [3.05, 3.63) is 59.7 Å². The smallest absolute Gasteiger partial charge is 0.438 e. The number of hydrogen-bond donors (Lipinski definition) is 3. The second-order valence-corrected chi connectivity index (χ2v) is 8.96. The van der Waals surface area contributed by atoms with Crippen LogP contribution in [0.5, 0.6) is 5.75 Å². The predicted octanol–water partition coefficient (Wildman–Crippen LogP) is 2.45. The molecular formula is C19H19F3N2O5S. The van der Waals surface area contributed by atoms with Gasteiger partial charge in [0.2, 0.25) is 0 Å². The van der Waals surface area contributed by atoms with Crippen LogP contribution in [0.25, 0.3) is 0 Å². The zero-order valence-corrected chi connectivity index (χ0v) is 16.7. The van der Waals surface area contributed by atoms with E-state index in [9.17, 15) is 31.5 Å². The van der Waals surface area contributed by atoms with Gasteiger partial charge >= 0.3 is 12.2 Å². The molecule has 3 atom stereocenters. The molecule has 0 saturated carbocycles. The lowest BCUT2D eigenvalue weighted by Crippen LogP contribution is -2.75. The number of hydrogen-bond acceptors (Lipinski definition) is 5. The van der Waals surface area contributed by atoms with Gasteiger partial charge in [-0.25, -0.2) is 13.2 Å². The largest absolute Gasteiger partial charge is 0.497 e. The summed E-state index contributed by atoms with van der Waals surface area (Å²) in [5.41, 5.74) is -3.28. The van der Waals surface area contributed by atoms with Gasteiger partial charge in [-0.05, 0) is 36.8 Å². The van der Waals surface area contributed by atoms with E-state index < -0.39 is 44.0 Å². The minimum absolute atomic E-state index is 0.0500. The summed E-state index contributed by atoms with van der Waals surface area (Å²) in [6.07, 6.45) is -5.47. The molecule has 2 amide bonds. The third-order valence-corrected chi connectivity index (χ3v) is 7.11. The third-order valence-electron chi connectivity index (χ3n) is 4.90. The summed E-state index contributed by atoms with van der Waals surface area (Å²) in [6.45, 7) is 1.69. The fraction of sp³-hybridized carbons (Fsp3) is 0.316. The number of amides is 2. The number of carbonyl (C=O) groups is 1. The van der Waals surface area contributed by atoms with E-state index in [2.05, 4.69) is 5.32 Å². The van der Waals surface area contributed by atoms with Gasteiger partial charge in [0, 0.05) is 0 Å². The highest BCUT2D eigenvalue weighted by Gasteiger charge is 2.68. The van der Waals surface area contributed by atoms with Crippen molar-refractivity contribution in [3.63, 3.8) is 0 Å². The minimum atomic E-state index is -5.47. The van der Waals surface area contributed by atoms with Gasteiger partial charge in [0.25, 0.3) is 5.72 Å². The molecule has 162 valence electrons. The maximum Gasteiger partial charge on any atom is 0.438 e. The zero-order valence-electron chi connectivity index (χ0n) is 15.9. The average molecular weight is 444 g/mol. The van der Waals surface area contributed by atoms with Gasteiger partial charge < -0.3 is 20.5 Å². The van der Waals surface area contributed by atoms with Crippen molar-refractivity contribution in [2.24, 2.45) is 0 Å². The molecule has 2 aromatic rings. The molecule has 1 aliphatic heterocycles. The van der Waals surface area contributed by atoms with E-state index in [4.69, 9.17) is 4.74 Å². The van der Waals surface area contributed by atoms with Gasteiger partial charge in [-0.2, -0.15) is 13.2 Å².